The first-order chi connectivity index (χ1) is 16.6. The molecule has 0 atom stereocenters. The number of anilines is 1. The number of nitrogens with zero attached hydrogens (tertiary/aromatic N) is 3. The summed E-state index contributed by atoms with van der Waals surface area (Å²) in [6.07, 6.45) is 4.43. The van der Waals surface area contributed by atoms with E-state index in [9.17, 15) is 4.79 Å². The topological polar surface area (TPSA) is 59.2 Å². The Balaban J connectivity index is 1.42. The van der Waals surface area contributed by atoms with Crippen molar-refractivity contribution in [2.24, 2.45) is 0 Å². The van der Waals surface area contributed by atoms with Crippen molar-refractivity contribution in [3.05, 3.63) is 77.4 Å². The third-order valence-corrected chi connectivity index (χ3v) is 7.88. The number of aromatic nitrogens is 2. The van der Waals surface area contributed by atoms with Gasteiger partial charge in [-0.1, -0.05) is 59.6 Å². The van der Waals surface area contributed by atoms with E-state index in [2.05, 4.69) is 37.2 Å². The molecule has 1 saturated carbocycles. The lowest BCUT2D eigenvalue weighted by atomic mass is 10.1. The van der Waals surface area contributed by atoms with E-state index in [4.69, 9.17) is 9.51 Å². The minimum absolute atomic E-state index is 0.0955. The SMILES string of the molecule is Cc1ccc(-c2nc(-c3ccc4c(c3)Sc3ccccc3C(=O)N4C3CCCC3)no2)c(C)c1. The van der Waals surface area contributed by atoms with Gasteiger partial charge in [0, 0.05) is 27.0 Å². The van der Waals surface area contributed by atoms with Gasteiger partial charge in [-0.2, -0.15) is 4.98 Å². The van der Waals surface area contributed by atoms with Crippen molar-refractivity contribution >= 4 is 23.4 Å². The van der Waals surface area contributed by atoms with Crippen LogP contribution in [-0.4, -0.2) is 22.1 Å². The third-order valence-electron chi connectivity index (χ3n) is 6.76. The summed E-state index contributed by atoms with van der Waals surface area (Å²) in [6.45, 7) is 4.12. The highest BCUT2D eigenvalue weighted by molar-refractivity contribution is 7.99. The van der Waals surface area contributed by atoms with Crippen molar-refractivity contribution in [2.45, 2.75) is 55.4 Å². The first-order valence-corrected chi connectivity index (χ1v) is 12.6. The fourth-order valence-corrected chi connectivity index (χ4v) is 6.16. The highest BCUT2D eigenvalue weighted by Crippen LogP contribution is 2.45. The van der Waals surface area contributed by atoms with Gasteiger partial charge in [-0.3, -0.25) is 4.79 Å². The second-order valence-corrected chi connectivity index (χ2v) is 10.2. The number of rotatable bonds is 3. The Labute approximate surface area is 203 Å². The summed E-state index contributed by atoms with van der Waals surface area (Å²) in [4.78, 5) is 22.4. The standard InChI is InChI=1S/C28H25N3O2S/c1-17-11-13-21(18(2)15-17)27-29-26(30-33-27)19-12-14-23-25(16-19)34-24-10-6-5-9-22(24)28(32)31(23)20-7-3-4-8-20/h5-6,9-16,20H,3-4,7-8H2,1-2H3. The molecule has 170 valence electrons. The molecule has 3 aromatic carbocycles. The maximum Gasteiger partial charge on any atom is 0.259 e. The van der Waals surface area contributed by atoms with Crippen LogP contribution >= 0.6 is 11.8 Å². The molecule has 0 bridgehead atoms. The zero-order chi connectivity index (χ0) is 23.2. The summed E-state index contributed by atoms with van der Waals surface area (Å²) in [5.74, 6) is 1.16. The lowest BCUT2D eigenvalue weighted by Crippen LogP contribution is -2.39. The van der Waals surface area contributed by atoms with Gasteiger partial charge in [-0.25, -0.2) is 0 Å². The van der Waals surface area contributed by atoms with Gasteiger partial charge in [0.15, 0.2) is 0 Å². The molecule has 5 nitrogen and oxygen atoms in total. The lowest BCUT2D eigenvalue weighted by molar-refractivity contribution is 0.0974. The van der Waals surface area contributed by atoms with Crippen LogP contribution in [0.15, 0.2) is 75.0 Å². The smallest absolute Gasteiger partial charge is 0.259 e. The van der Waals surface area contributed by atoms with Gasteiger partial charge in [0.1, 0.15) is 0 Å². The predicted molar refractivity (Wildman–Crippen MR) is 134 cm³/mol. The average molecular weight is 468 g/mol. The molecule has 1 aromatic heterocycles. The summed E-state index contributed by atoms with van der Waals surface area (Å²) in [7, 11) is 0. The zero-order valence-electron chi connectivity index (χ0n) is 19.2. The number of hydrogen-bond donors (Lipinski definition) is 0. The first kappa shape index (κ1) is 21.2. The molecule has 1 fully saturated rings. The van der Waals surface area contributed by atoms with Crippen LogP contribution in [0, 0.1) is 13.8 Å². The largest absolute Gasteiger partial charge is 0.334 e. The highest BCUT2D eigenvalue weighted by atomic mass is 32.2. The van der Waals surface area contributed by atoms with E-state index >= 15 is 0 Å². The quantitative estimate of drug-likeness (QED) is 0.322. The minimum atomic E-state index is 0.0955. The summed E-state index contributed by atoms with van der Waals surface area (Å²) < 4.78 is 5.64. The number of carbonyl (C=O) groups is 1. The molecule has 0 spiro atoms. The van der Waals surface area contributed by atoms with Crippen LogP contribution in [0.3, 0.4) is 0 Å². The Morgan fingerprint density at radius 1 is 0.941 bits per heavy atom. The number of amides is 1. The van der Waals surface area contributed by atoms with E-state index in [0.29, 0.717) is 11.7 Å². The Hall–Kier alpha value is -3.38. The maximum atomic E-state index is 13.6. The van der Waals surface area contributed by atoms with Crippen LogP contribution in [0.1, 0.15) is 47.2 Å². The van der Waals surface area contributed by atoms with Crippen LogP contribution in [0.5, 0.6) is 0 Å². The number of hydrogen-bond acceptors (Lipinski definition) is 5. The molecule has 6 rings (SSSR count). The van der Waals surface area contributed by atoms with E-state index < -0.39 is 0 Å². The molecule has 0 unspecified atom stereocenters. The Bertz CT molecular complexity index is 1400. The van der Waals surface area contributed by atoms with Gasteiger partial charge < -0.3 is 9.42 Å². The molecule has 6 heteroatoms. The molecular formula is C28H25N3O2S. The van der Waals surface area contributed by atoms with Crippen molar-refractivity contribution in [1.29, 1.82) is 0 Å². The van der Waals surface area contributed by atoms with E-state index in [1.807, 2.05) is 47.4 Å². The molecule has 0 N–H and O–H groups in total. The summed E-state index contributed by atoms with van der Waals surface area (Å²) in [5, 5.41) is 4.28. The van der Waals surface area contributed by atoms with Crippen molar-refractivity contribution in [3.8, 4) is 22.8 Å². The van der Waals surface area contributed by atoms with Gasteiger partial charge in [-0.15, -0.1) is 0 Å². The fourth-order valence-electron chi connectivity index (χ4n) is 5.05. The van der Waals surface area contributed by atoms with Crippen molar-refractivity contribution in [1.82, 2.24) is 10.1 Å². The predicted octanol–water partition coefficient (Wildman–Crippen LogP) is 7.07. The van der Waals surface area contributed by atoms with Crippen molar-refractivity contribution in [2.75, 3.05) is 4.90 Å². The van der Waals surface area contributed by atoms with Gasteiger partial charge in [0.05, 0.1) is 11.3 Å². The molecule has 4 aromatic rings. The Morgan fingerprint density at radius 2 is 1.76 bits per heavy atom. The first-order valence-electron chi connectivity index (χ1n) is 11.7. The molecule has 0 saturated heterocycles. The van der Waals surface area contributed by atoms with Crippen LogP contribution in [-0.2, 0) is 0 Å². The van der Waals surface area contributed by atoms with E-state index in [1.54, 1.807) is 11.8 Å². The van der Waals surface area contributed by atoms with Crippen LogP contribution in [0.25, 0.3) is 22.8 Å². The molecule has 0 radical (unpaired) electrons. The summed E-state index contributed by atoms with van der Waals surface area (Å²) >= 11 is 1.64. The van der Waals surface area contributed by atoms with Crippen molar-refractivity contribution < 1.29 is 9.32 Å². The molecule has 34 heavy (non-hydrogen) atoms. The summed E-state index contributed by atoms with van der Waals surface area (Å²) in [5.41, 5.74) is 5.87. The molecule has 1 aliphatic carbocycles. The van der Waals surface area contributed by atoms with Gasteiger partial charge in [-0.05, 0) is 68.7 Å². The minimum Gasteiger partial charge on any atom is -0.334 e. The monoisotopic (exact) mass is 467 g/mol. The van der Waals surface area contributed by atoms with E-state index in [1.165, 1.54) is 18.4 Å². The average Bonchev–Trinajstić information content (AvgIpc) is 3.51. The number of fused-ring (bicyclic) bond motifs is 2. The number of carbonyl (C=O) groups excluding carboxylic acids is 1. The van der Waals surface area contributed by atoms with E-state index in [0.717, 1.165) is 50.6 Å². The van der Waals surface area contributed by atoms with Crippen LogP contribution in [0.4, 0.5) is 5.69 Å². The normalized spacial score (nSPS) is 15.8. The fraction of sp³-hybridized carbons (Fsp3) is 0.250. The van der Waals surface area contributed by atoms with Gasteiger partial charge >= 0.3 is 0 Å². The van der Waals surface area contributed by atoms with Crippen LogP contribution in [0.2, 0.25) is 0 Å². The highest BCUT2D eigenvalue weighted by Gasteiger charge is 2.34. The zero-order valence-corrected chi connectivity index (χ0v) is 20.1. The maximum absolute atomic E-state index is 13.6. The molecule has 2 aliphatic rings. The lowest BCUT2D eigenvalue weighted by Gasteiger charge is -2.29. The third kappa shape index (κ3) is 3.62. The number of aryl methyl sites for hydroxylation is 2. The van der Waals surface area contributed by atoms with Gasteiger partial charge in [0.2, 0.25) is 5.82 Å². The van der Waals surface area contributed by atoms with Crippen molar-refractivity contribution in [3.63, 3.8) is 0 Å². The van der Waals surface area contributed by atoms with Gasteiger partial charge in [0.25, 0.3) is 11.8 Å². The molecular weight excluding hydrogens is 442 g/mol. The number of benzene rings is 3. The molecule has 1 aliphatic heterocycles. The molecule has 2 heterocycles. The van der Waals surface area contributed by atoms with E-state index in [-0.39, 0.29) is 11.9 Å². The van der Waals surface area contributed by atoms with Crippen LogP contribution < -0.4 is 4.90 Å². The summed E-state index contributed by atoms with van der Waals surface area (Å²) in [6, 6.07) is 20.5. The second-order valence-electron chi connectivity index (χ2n) is 9.14. The second kappa shape index (κ2) is 8.44. The molecule has 1 amide bonds. The Kier molecular flexibility index (Phi) is 5.26. The Morgan fingerprint density at radius 3 is 2.59 bits per heavy atom.